The molecule has 6 heteroatoms. The number of ether oxygens (including phenoxy) is 1. The highest BCUT2D eigenvalue weighted by atomic mass is 35.5. The van der Waals surface area contributed by atoms with Crippen LogP contribution in [-0.4, -0.2) is 16.2 Å². The molecule has 1 aromatic carbocycles. The fourth-order valence-corrected chi connectivity index (χ4v) is 2.08. The van der Waals surface area contributed by atoms with Crippen LogP contribution in [0.5, 0.6) is 5.75 Å². The van der Waals surface area contributed by atoms with E-state index in [0.29, 0.717) is 22.6 Å². The Hall–Kier alpha value is -1.59. The Labute approximate surface area is 123 Å². The zero-order chi connectivity index (χ0) is 14.5. The molecule has 0 aliphatic rings. The number of benzene rings is 1. The zero-order valence-corrected chi connectivity index (χ0v) is 12.4. The van der Waals surface area contributed by atoms with Gasteiger partial charge in [0.05, 0.1) is 5.02 Å². The number of aromatic nitrogens is 2. The molecule has 1 heterocycles. The summed E-state index contributed by atoms with van der Waals surface area (Å²) in [5.74, 6) is 1.57. The van der Waals surface area contributed by atoms with Gasteiger partial charge in [-0.3, -0.25) is 0 Å². The van der Waals surface area contributed by atoms with Crippen LogP contribution in [0.25, 0.3) is 0 Å². The Kier molecular flexibility index (Phi) is 4.98. The summed E-state index contributed by atoms with van der Waals surface area (Å²) in [5, 5.41) is 8.20. The van der Waals surface area contributed by atoms with Gasteiger partial charge in [0.25, 0.3) is 5.89 Å². The maximum atomic E-state index is 6.20. The lowest BCUT2D eigenvalue weighted by Gasteiger charge is -2.14. The van der Waals surface area contributed by atoms with Gasteiger partial charge in [-0.1, -0.05) is 30.7 Å². The average Bonchev–Trinajstić information content (AvgIpc) is 2.83. The molecule has 20 heavy (non-hydrogen) atoms. The van der Waals surface area contributed by atoms with Crippen molar-refractivity contribution in [1.82, 2.24) is 10.2 Å². The summed E-state index contributed by atoms with van der Waals surface area (Å²) in [6.07, 6.45) is 1.62. The van der Waals surface area contributed by atoms with Crippen molar-refractivity contribution in [3.05, 3.63) is 40.6 Å². The first-order valence-electron chi connectivity index (χ1n) is 6.55. The lowest BCUT2D eigenvalue weighted by atomic mass is 10.0. The van der Waals surface area contributed by atoms with Crippen LogP contribution >= 0.6 is 11.6 Å². The van der Waals surface area contributed by atoms with Crippen LogP contribution in [0.3, 0.4) is 0 Å². The number of rotatable bonds is 6. The molecule has 0 saturated heterocycles. The summed E-state index contributed by atoms with van der Waals surface area (Å²) in [5.41, 5.74) is 6.98. The van der Waals surface area contributed by atoms with Crippen LogP contribution in [0, 0.1) is 6.92 Å². The van der Waals surface area contributed by atoms with E-state index in [1.54, 1.807) is 13.0 Å². The Morgan fingerprint density at radius 1 is 1.40 bits per heavy atom. The molecule has 0 fully saturated rings. The highest BCUT2D eigenvalue weighted by molar-refractivity contribution is 6.32. The smallest absolute Gasteiger partial charge is 0.253 e. The molecule has 0 aliphatic heterocycles. The van der Waals surface area contributed by atoms with Gasteiger partial charge in [-0.25, -0.2) is 0 Å². The fraction of sp³-hybridized carbons (Fsp3) is 0.429. The summed E-state index contributed by atoms with van der Waals surface area (Å²) in [7, 11) is 0. The summed E-state index contributed by atoms with van der Waals surface area (Å²) < 4.78 is 11.0. The molecule has 1 unspecified atom stereocenters. The molecule has 1 aromatic heterocycles. The molecule has 2 N–H and O–H groups in total. The molecular weight excluding hydrogens is 278 g/mol. The number of para-hydroxylation sites is 1. The lowest BCUT2D eigenvalue weighted by molar-refractivity contribution is 0.258. The summed E-state index contributed by atoms with van der Waals surface area (Å²) in [6, 6.07) is 5.73. The lowest BCUT2D eigenvalue weighted by Crippen LogP contribution is -2.21. The van der Waals surface area contributed by atoms with Gasteiger partial charge in [0.1, 0.15) is 5.75 Å². The van der Waals surface area contributed by atoms with E-state index >= 15 is 0 Å². The van der Waals surface area contributed by atoms with Crippen LogP contribution in [0.1, 0.15) is 30.7 Å². The Balaban J connectivity index is 2.12. The molecule has 0 radical (unpaired) electrons. The van der Waals surface area contributed by atoms with Crippen LogP contribution in [-0.2, 0) is 13.0 Å². The average molecular weight is 296 g/mol. The molecule has 2 rings (SSSR count). The third-order valence-corrected chi connectivity index (χ3v) is 3.26. The van der Waals surface area contributed by atoms with E-state index in [1.807, 2.05) is 12.1 Å². The van der Waals surface area contributed by atoms with Crippen molar-refractivity contribution in [1.29, 1.82) is 0 Å². The van der Waals surface area contributed by atoms with Gasteiger partial charge in [0, 0.05) is 13.0 Å². The molecule has 5 nitrogen and oxygen atoms in total. The summed E-state index contributed by atoms with van der Waals surface area (Å²) >= 11 is 6.20. The van der Waals surface area contributed by atoms with Crippen molar-refractivity contribution in [2.24, 2.45) is 5.73 Å². The van der Waals surface area contributed by atoms with Gasteiger partial charge >= 0.3 is 0 Å². The first-order valence-corrected chi connectivity index (χ1v) is 6.92. The van der Waals surface area contributed by atoms with Crippen LogP contribution in [0.15, 0.2) is 22.6 Å². The van der Waals surface area contributed by atoms with Gasteiger partial charge in [-0.2, -0.15) is 0 Å². The van der Waals surface area contributed by atoms with E-state index in [9.17, 15) is 0 Å². The van der Waals surface area contributed by atoms with Gasteiger partial charge in [0.15, 0.2) is 6.61 Å². The van der Waals surface area contributed by atoms with Gasteiger partial charge in [-0.05, 0) is 24.5 Å². The van der Waals surface area contributed by atoms with Gasteiger partial charge in [0.2, 0.25) is 5.89 Å². The van der Waals surface area contributed by atoms with Crippen LogP contribution < -0.4 is 10.5 Å². The van der Waals surface area contributed by atoms with Gasteiger partial charge in [-0.15, -0.1) is 10.2 Å². The molecule has 2 aromatic rings. The van der Waals surface area contributed by atoms with Crippen molar-refractivity contribution in [3.8, 4) is 5.75 Å². The van der Waals surface area contributed by atoms with Crippen molar-refractivity contribution in [2.45, 2.75) is 39.3 Å². The number of aryl methyl sites for hydroxylation is 1. The predicted molar refractivity (Wildman–Crippen MR) is 76.8 cm³/mol. The first-order chi connectivity index (χ1) is 9.60. The van der Waals surface area contributed by atoms with Crippen molar-refractivity contribution in [2.75, 3.05) is 0 Å². The van der Waals surface area contributed by atoms with Crippen LogP contribution in [0.4, 0.5) is 0 Å². The van der Waals surface area contributed by atoms with Crippen LogP contribution in [0.2, 0.25) is 5.02 Å². The van der Waals surface area contributed by atoms with Crippen molar-refractivity contribution in [3.63, 3.8) is 0 Å². The molecule has 0 bridgehead atoms. The molecule has 0 spiro atoms. The van der Waals surface area contributed by atoms with E-state index in [1.165, 1.54) is 0 Å². The molecule has 0 saturated carbocycles. The predicted octanol–water partition coefficient (Wildman–Crippen LogP) is 2.89. The Morgan fingerprint density at radius 2 is 2.20 bits per heavy atom. The maximum absolute atomic E-state index is 6.20. The monoisotopic (exact) mass is 295 g/mol. The van der Waals surface area contributed by atoms with E-state index in [0.717, 1.165) is 18.4 Å². The number of halogens is 1. The molecule has 0 aliphatic carbocycles. The topological polar surface area (TPSA) is 74.2 Å². The second-order valence-electron chi connectivity index (χ2n) is 4.60. The minimum absolute atomic E-state index is 0.0847. The highest BCUT2D eigenvalue weighted by Crippen LogP contribution is 2.30. The molecule has 108 valence electrons. The van der Waals surface area contributed by atoms with Crippen molar-refractivity contribution >= 4 is 11.6 Å². The van der Waals surface area contributed by atoms with E-state index in [4.69, 9.17) is 26.5 Å². The SMILES string of the molecule is CCC(N)Cc1cccc(Cl)c1OCc1nnc(C)o1. The Morgan fingerprint density at radius 3 is 2.85 bits per heavy atom. The summed E-state index contributed by atoms with van der Waals surface area (Å²) in [6.45, 7) is 3.98. The van der Waals surface area contributed by atoms with E-state index in [-0.39, 0.29) is 12.6 Å². The summed E-state index contributed by atoms with van der Waals surface area (Å²) in [4.78, 5) is 0. The molecular formula is C14H18ClN3O2. The van der Waals surface area contributed by atoms with Crippen molar-refractivity contribution < 1.29 is 9.15 Å². The highest BCUT2D eigenvalue weighted by Gasteiger charge is 2.13. The number of nitrogens with zero attached hydrogens (tertiary/aromatic N) is 2. The minimum Gasteiger partial charge on any atom is -0.482 e. The van der Waals surface area contributed by atoms with E-state index < -0.39 is 0 Å². The largest absolute Gasteiger partial charge is 0.482 e. The third-order valence-electron chi connectivity index (χ3n) is 2.96. The Bertz CT molecular complexity index is 571. The van der Waals surface area contributed by atoms with Gasteiger partial charge < -0.3 is 14.9 Å². The third kappa shape index (κ3) is 3.71. The second kappa shape index (κ2) is 6.72. The van der Waals surface area contributed by atoms with E-state index in [2.05, 4.69) is 17.1 Å². The molecule has 0 amide bonds. The number of hydrogen-bond acceptors (Lipinski definition) is 5. The first kappa shape index (κ1) is 14.8. The standard InChI is InChI=1S/C14H18ClN3O2/c1-3-11(16)7-10-5-4-6-12(15)14(10)19-8-13-18-17-9(2)20-13/h4-6,11H,3,7-8,16H2,1-2H3. The number of nitrogens with two attached hydrogens (primary N) is 1. The minimum atomic E-state index is 0.0847. The number of hydrogen-bond donors (Lipinski definition) is 1. The normalized spacial score (nSPS) is 12.4. The fourth-order valence-electron chi connectivity index (χ4n) is 1.83. The maximum Gasteiger partial charge on any atom is 0.253 e. The zero-order valence-electron chi connectivity index (χ0n) is 11.6. The quantitative estimate of drug-likeness (QED) is 0.887. The second-order valence-corrected chi connectivity index (χ2v) is 5.01. The molecule has 1 atom stereocenters.